The normalized spacial score (nSPS) is 14.8. The highest BCUT2D eigenvalue weighted by Crippen LogP contribution is 2.47. The number of aromatic nitrogens is 1. The smallest absolute Gasteiger partial charge is 0.240 e. The van der Waals surface area contributed by atoms with Crippen LogP contribution in [-0.2, 0) is 16.1 Å². The Morgan fingerprint density at radius 1 is 1.17 bits per heavy atom. The molecule has 0 spiro atoms. The first-order valence-corrected chi connectivity index (χ1v) is 8.14. The van der Waals surface area contributed by atoms with Gasteiger partial charge in [-0.1, -0.05) is 17.7 Å². The van der Waals surface area contributed by atoms with Crippen molar-refractivity contribution in [3.8, 4) is 0 Å². The topological polar surface area (TPSA) is 71.1 Å². The molecule has 1 fully saturated rings. The van der Waals surface area contributed by atoms with Gasteiger partial charge in [0.2, 0.25) is 11.8 Å². The van der Waals surface area contributed by atoms with Crippen molar-refractivity contribution in [3.05, 3.63) is 58.9 Å². The van der Waals surface area contributed by atoms with Gasteiger partial charge in [0.05, 0.1) is 0 Å². The van der Waals surface area contributed by atoms with Gasteiger partial charge in [-0.3, -0.25) is 14.6 Å². The number of carbonyl (C=O) groups is 2. The minimum atomic E-state index is -0.970. The van der Waals surface area contributed by atoms with Crippen LogP contribution in [0.15, 0.2) is 42.7 Å². The van der Waals surface area contributed by atoms with Crippen LogP contribution in [0.1, 0.15) is 24.0 Å². The molecular formula is C18H18ClN3O2. The number of anilines is 1. The van der Waals surface area contributed by atoms with E-state index in [1.54, 1.807) is 30.6 Å². The van der Waals surface area contributed by atoms with E-state index in [1.165, 1.54) is 0 Å². The molecule has 0 aliphatic heterocycles. The molecule has 6 heteroatoms. The fourth-order valence-electron chi connectivity index (χ4n) is 2.52. The van der Waals surface area contributed by atoms with E-state index in [0.717, 1.165) is 11.1 Å². The van der Waals surface area contributed by atoms with E-state index in [1.807, 2.05) is 19.1 Å². The van der Waals surface area contributed by atoms with Gasteiger partial charge in [0, 0.05) is 29.6 Å². The maximum atomic E-state index is 12.6. The second kappa shape index (κ2) is 6.61. The van der Waals surface area contributed by atoms with Crippen molar-refractivity contribution in [2.45, 2.75) is 26.3 Å². The van der Waals surface area contributed by atoms with E-state index >= 15 is 0 Å². The lowest BCUT2D eigenvalue weighted by molar-refractivity contribution is -0.134. The fourth-order valence-corrected chi connectivity index (χ4v) is 2.69. The zero-order chi connectivity index (χ0) is 17.2. The predicted molar refractivity (Wildman–Crippen MR) is 92.6 cm³/mol. The van der Waals surface area contributed by atoms with Gasteiger partial charge < -0.3 is 10.6 Å². The van der Waals surface area contributed by atoms with Gasteiger partial charge in [-0.2, -0.15) is 0 Å². The minimum absolute atomic E-state index is 0.239. The molecule has 2 aromatic rings. The van der Waals surface area contributed by atoms with Gasteiger partial charge in [-0.25, -0.2) is 0 Å². The Hall–Kier alpha value is -2.40. The van der Waals surface area contributed by atoms with Gasteiger partial charge in [0.15, 0.2) is 0 Å². The molecule has 0 bridgehead atoms. The molecule has 1 aromatic heterocycles. The number of pyridine rings is 1. The fraction of sp³-hybridized carbons (Fsp3) is 0.278. The summed E-state index contributed by atoms with van der Waals surface area (Å²) < 4.78 is 0. The van der Waals surface area contributed by atoms with Crippen molar-refractivity contribution >= 4 is 29.1 Å². The molecule has 0 saturated heterocycles. The number of carbonyl (C=O) groups excluding carboxylic acids is 2. The summed E-state index contributed by atoms with van der Waals surface area (Å²) >= 11 is 6.07. The van der Waals surface area contributed by atoms with E-state index in [4.69, 9.17) is 11.6 Å². The van der Waals surface area contributed by atoms with Crippen molar-refractivity contribution in [1.82, 2.24) is 10.3 Å². The van der Waals surface area contributed by atoms with Crippen LogP contribution in [0.5, 0.6) is 0 Å². The maximum Gasteiger partial charge on any atom is 0.240 e. The molecule has 124 valence electrons. The molecule has 0 radical (unpaired) electrons. The van der Waals surface area contributed by atoms with Crippen LogP contribution < -0.4 is 10.6 Å². The number of rotatable bonds is 5. The van der Waals surface area contributed by atoms with Crippen LogP contribution in [-0.4, -0.2) is 16.8 Å². The second-order valence-electron chi connectivity index (χ2n) is 5.99. The Balaban J connectivity index is 1.65. The molecule has 24 heavy (non-hydrogen) atoms. The van der Waals surface area contributed by atoms with E-state index < -0.39 is 5.41 Å². The molecule has 1 aliphatic carbocycles. The summed E-state index contributed by atoms with van der Waals surface area (Å²) in [6, 6.07) is 8.98. The van der Waals surface area contributed by atoms with E-state index in [9.17, 15) is 9.59 Å². The van der Waals surface area contributed by atoms with Crippen LogP contribution in [0.4, 0.5) is 5.69 Å². The molecule has 5 nitrogen and oxygen atoms in total. The molecule has 0 unspecified atom stereocenters. The number of amides is 2. The highest BCUT2D eigenvalue weighted by molar-refractivity contribution is 6.31. The van der Waals surface area contributed by atoms with E-state index in [0.29, 0.717) is 30.1 Å². The number of hydrogen-bond donors (Lipinski definition) is 2. The molecule has 1 heterocycles. The Bertz CT molecular complexity index is 773. The summed E-state index contributed by atoms with van der Waals surface area (Å²) in [7, 11) is 0. The summed E-state index contributed by atoms with van der Waals surface area (Å²) in [6.45, 7) is 2.22. The van der Waals surface area contributed by atoms with Crippen LogP contribution in [0, 0.1) is 12.3 Å². The van der Waals surface area contributed by atoms with Gasteiger partial charge in [-0.15, -0.1) is 0 Å². The third-order valence-corrected chi connectivity index (χ3v) is 4.75. The first kappa shape index (κ1) is 16.5. The summed E-state index contributed by atoms with van der Waals surface area (Å²) in [6.07, 6.45) is 4.45. The lowest BCUT2D eigenvalue weighted by Crippen LogP contribution is -2.39. The second-order valence-corrected chi connectivity index (χ2v) is 6.39. The Labute approximate surface area is 145 Å². The average Bonchev–Trinajstić information content (AvgIpc) is 3.40. The van der Waals surface area contributed by atoms with Crippen LogP contribution in [0.25, 0.3) is 0 Å². The van der Waals surface area contributed by atoms with Crippen LogP contribution in [0.3, 0.4) is 0 Å². The average molecular weight is 344 g/mol. The molecule has 2 N–H and O–H groups in total. The zero-order valence-corrected chi connectivity index (χ0v) is 14.1. The van der Waals surface area contributed by atoms with Gasteiger partial charge in [0.1, 0.15) is 5.41 Å². The van der Waals surface area contributed by atoms with Crippen molar-refractivity contribution < 1.29 is 9.59 Å². The Kier molecular flexibility index (Phi) is 4.53. The van der Waals surface area contributed by atoms with E-state index in [-0.39, 0.29) is 11.8 Å². The number of hydrogen-bond acceptors (Lipinski definition) is 3. The summed E-state index contributed by atoms with van der Waals surface area (Å²) in [5.74, 6) is -0.517. The number of halogens is 1. The molecular weight excluding hydrogens is 326 g/mol. The number of nitrogens with zero attached hydrogens (tertiary/aromatic N) is 1. The Morgan fingerprint density at radius 3 is 2.54 bits per heavy atom. The Morgan fingerprint density at radius 2 is 1.88 bits per heavy atom. The molecule has 1 saturated carbocycles. The monoisotopic (exact) mass is 343 g/mol. The number of nitrogens with one attached hydrogen (secondary N) is 2. The summed E-state index contributed by atoms with van der Waals surface area (Å²) in [4.78, 5) is 29.0. The van der Waals surface area contributed by atoms with Crippen LogP contribution in [0.2, 0.25) is 5.02 Å². The SMILES string of the molecule is Cc1c(Cl)cccc1NC(=O)C1(C(=O)NCc2ccncc2)CC1. The first-order chi connectivity index (χ1) is 11.5. The maximum absolute atomic E-state index is 12.6. The van der Waals surface area contributed by atoms with Gasteiger partial charge in [-0.05, 0) is 55.2 Å². The number of benzene rings is 1. The van der Waals surface area contributed by atoms with Crippen molar-refractivity contribution in [2.24, 2.45) is 5.41 Å². The molecule has 2 amide bonds. The van der Waals surface area contributed by atoms with E-state index in [2.05, 4.69) is 15.6 Å². The van der Waals surface area contributed by atoms with Gasteiger partial charge >= 0.3 is 0 Å². The summed E-state index contributed by atoms with van der Waals surface area (Å²) in [5, 5.41) is 6.26. The standard InChI is InChI=1S/C18H18ClN3O2/c1-12-14(19)3-2-4-15(12)22-17(24)18(7-8-18)16(23)21-11-13-5-9-20-10-6-13/h2-6,9-10H,7-8,11H2,1H3,(H,21,23)(H,22,24). The minimum Gasteiger partial charge on any atom is -0.351 e. The molecule has 3 rings (SSSR count). The van der Waals surface area contributed by atoms with Crippen molar-refractivity contribution in [2.75, 3.05) is 5.32 Å². The largest absolute Gasteiger partial charge is 0.351 e. The van der Waals surface area contributed by atoms with Crippen molar-refractivity contribution in [1.29, 1.82) is 0 Å². The predicted octanol–water partition coefficient (Wildman–Crippen LogP) is 3.08. The highest BCUT2D eigenvalue weighted by Gasteiger charge is 2.56. The molecule has 1 aromatic carbocycles. The quantitative estimate of drug-likeness (QED) is 0.819. The van der Waals surface area contributed by atoms with Crippen molar-refractivity contribution in [3.63, 3.8) is 0 Å². The van der Waals surface area contributed by atoms with Crippen LogP contribution >= 0.6 is 11.6 Å². The highest BCUT2D eigenvalue weighted by atomic mass is 35.5. The third kappa shape index (κ3) is 3.26. The lowest BCUT2D eigenvalue weighted by atomic mass is 10.0. The lowest BCUT2D eigenvalue weighted by Gasteiger charge is -2.17. The summed E-state index contributed by atoms with van der Waals surface area (Å²) in [5.41, 5.74) is 1.41. The third-order valence-electron chi connectivity index (χ3n) is 4.34. The molecule has 1 aliphatic rings. The zero-order valence-electron chi connectivity index (χ0n) is 13.3. The van der Waals surface area contributed by atoms with Gasteiger partial charge in [0.25, 0.3) is 0 Å². The first-order valence-electron chi connectivity index (χ1n) is 7.77. The molecule has 0 atom stereocenters.